The minimum Gasteiger partial charge on any atom is -0.292 e. The molecule has 2 N–H and O–H groups in total. The molecular weight excluding hydrogens is 258 g/mol. The van der Waals surface area contributed by atoms with Crippen LogP contribution in [-0.4, -0.2) is 19.5 Å². The molecule has 96 valence electrons. The maximum Gasteiger partial charge on any atom is 0.219 e. The van der Waals surface area contributed by atoms with Crippen LogP contribution in [0.3, 0.4) is 0 Å². The second-order valence-electron chi connectivity index (χ2n) is 3.92. The molecular formula is C11H17NO3S2. The average molecular weight is 275 g/mol. The third-order valence-electron chi connectivity index (χ3n) is 2.52. The van der Waals surface area contributed by atoms with Gasteiger partial charge in [0.05, 0.1) is 4.88 Å². The lowest BCUT2D eigenvalue weighted by atomic mass is 10.1. The summed E-state index contributed by atoms with van der Waals surface area (Å²) in [4.78, 5) is 12.5. The van der Waals surface area contributed by atoms with Gasteiger partial charge in [0.2, 0.25) is 10.0 Å². The van der Waals surface area contributed by atoms with E-state index in [1.54, 1.807) is 17.5 Å². The van der Waals surface area contributed by atoms with Crippen LogP contribution in [0.15, 0.2) is 17.5 Å². The highest BCUT2D eigenvalue weighted by Crippen LogP contribution is 2.18. The van der Waals surface area contributed by atoms with Gasteiger partial charge in [0.1, 0.15) is 5.25 Å². The van der Waals surface area contributed by atoms with Crippen LogP contribution in [-0.2, 0) is 10.0 Å². The Morgan fingerprint density at radius 3 is 2.65 bits per heavy atom. The molecule has 1 aromatic rings. The number of carbonyl (C=O) groups excluding carboxylic acids is 1. The molecule has 6 heteroatoms. The van der Waals surface area contributed by atoms with Gasteiger partial charge in [-0.3, -0.25) is 4.79 Å². The Balaban J connectivity index is 2.81. The molecule has 0 bridgehead atoms. The fourth-order valence-corrected chi connectivity index (χ4v) is 3.32. The third kappa shape index (κ3) is 4.22. The second-order valence-corrected chi connectivity index (χ2v) is 6.61. The van der Waals surface area contributed by atoms with Crippen LogP contribution >= 0.6 is 11.3 Å². The van der Waals surface area contributed by atoms with E-state index < -0.39 is 15.3 Å². The largest absolute Gasteiger partial charge is 0.292 e. The van der Waals surface area contributed by atoms with Gasteiger partial charge in [0, 0.05) is 0 Å². The SMILES string of the molecule is CCCCCC(C(=O)c1cccs1)S(N)(=O)=O. The highest BCUT2D eigenvalue weighted by molar-refractivity contribution is 7.90. The standard InChI is InChI=1S/C11H17NO3S2/c1-2-3-4-7-10(17(12,14)15)11(13)9-6-5-8-16-9/h5-6,8,10H,2-4,7H2,1H3,(H2,12,14,15). The van der Waals surface area contributed by atoms with E-state index >= 15 is 0 Å². The first-order valence-electron chi connectivity index (χ1n) is 5.56. The van der Waals surface area contributed by atoms with Gasteiger partial charge >= 0.3 is 0 Å². The van der Waals surface area contributed by atoms with E-state index in [0.717, 1.165) is 12.8 Å². The molecule has 0 saturated heterocycles. The summed E-state index contributed by atoms with van der Waals surface area (Å²) in [6.45, 7) is 2.02. The predicted molar refractivity (Wildman–Crippen MR) is 69.7 cm³/mol. The molecule has 0 fully saturated rings. The first kappa shape index (κ1) is 14.3. The number of rotatable bonds is 7. The molecule has 4 nitrogen and oxygen atoms in total. The summed E-state index contributed by atoms with van der Waals surface area (Å²) in [5.41, 5.74) is 0. The number of sulfonamides is 1. The number of hydrogen-bond acceptors (Lipinski definition) is 4. The molecule has 1 heterocycles. The maximum atomic E-state index is 12.0. The zero-order valence-electron chi connectivity index (χ0n) is 9.76. The summed E-state index contributed by atoms with van der Waals surface area (Å²) in [5, 5.41) is 5.78. The van der Waals surface area contributed by atoms with Crippen molar-refractivity contribution < 1.29 is 13.2 Å². The lowest BCUT2D eigenvalue weighted by Crippen LogP contribution is -2.35. The Morgan fingerprint density at radius 2 is 2.18 bits per heavy atom. The van der Waals surface area contributed by atoms with Gasteiger partial charge in [-0.05, 0) is 17.9 Å². The summed E-state index contributed by atoms with van der Waals surface area (Å²) in [5.74, 6) is -0.376. The normalized spacial score (nSPS) is 13.5. The number of thiophene rings is 1. The fourth-order valence-electron chi connectivity index (χ4n) is 1.60. The molecule has 0 aliphatic rings. The van der Waals surface area contributed by atoms with E-state index in [1.165, 1.54) is 11.3 Å². The highest BCUT2D eigenvalue weighted by atomic mass is 32.2. The van der Waals surface area contributed by atoms with Crippen molar-refractivity contribution in [2.24, 2.45) is 5.14 Å². The summed E-state index contributed by atoms with van der Waals surface area (Å²) in [6.07, 6.45) is 2.90. The fraction of sp³-hybridized carbons (Fsp3) is 0.545. The van der Waals surface area contributed by atoms with Gasteiger partial charge in [-0.2, -0.15) is 0 Å². The number of hydrogen-bond donors (Lipinski definition) is 1. The molecule has 0 saturated carbocycles. The highest BCUT2D eigenvalue weighted by Gasteiger charge is 2.30. The van der Waals surface area contributed by atoms with E-state index in [9.17, 15) is 13.2 Å². The Morgan fingerprint density at radius 1 is 1.47 bits per heavy atom. The molecule has 1 rings (SSSR count). The first-order valence-corrected chi connectivity index (χ1v) is 8.05. The molecule has 0 radical (unpaired) electrons. The topological polar surface area (TPSA) is 77.2 Å². The van der Waals surface area contributed by atoms with Crippen molar-refractivity contribution in [1.29, 1.82) is 0 Å². The van der Waals surface area contributed by atoms with Crippen LogP contribution in [0.4, 0.5) is 0 Å². The van der Waals surface area contributed by atoms with Crippen LogP contribution in [0.25, 0.3) is 0 Å². The van der Waals surface area contributed by atoms with Crippen LogP contribution < -0.4 is 5.14 Å². The molecule has 17 heavy (non-hydrogen) atoms. The lowest BCUT2D eigenvalue weighted by molar-refractivity contribution is 0.0987. The number of Topliss-reactive ketones (excluding diaryl/α,β-unsaturated/α-hetero) is 1. The number of unbranched alkanes of at least 4 members (excludes halogenated alkanes) is 2. The van der Waals surface area contributed by atoms with Gasteiger partial charge in [-0.25, -0.2) is 13.6 Å². The van der Waals surface area contributed by atoms with Crippen LogP contribution in [0.1, 0.15) is 42.3 Å². The van der Waals surface area contributed by atoms with Crippen molar-refractivity contribution in [3.05, 3.63) is 22.4 Å². The molecule has 0 aliphatic heterocycles. The van der Waals surface area contributed by atoms with Gasteiger partial charge in [0.25, 0.3) is 0 Å². The molecule has 1 unspecified atom stereocenters. The first-order chi connectivity index (χ1) is 7.96. The quantitative estimate of drug-likeness (QED) is 0.612. The maximum absolute atomic E-state index is 12.0. The van der Waals surface area contributed by atoms with Crippen LogP contribution in [0.2, 0.25) is 0 Å². The Labute approximate surface area is 106 Å². The number of nitrogens with two attached hydrogens (primary N) is 1. The smallest absolute Gasteiger partial charge is 0.219 e. The van der Waals surface area contributed by atoms with Crippen LogP contribution in [0.5, 0.6) is 0 Å². The third-order valence-corrected chi connectivity index (χ3v) is 4.65. The molecule has 0 aromatic carbocycles. The summed E-state index contributed by atoms with van der Waals surface area (Å²) in [6, 6.07) is 3.36. The molecule has 0 aliphatic carbocycles. The Hall–Kier alpha value is -0.720. The summed E-state index contributed by atoms with van der Waals surface area (Å²) < 4.78 is 22.8. The number of primary sulfonamides is 1. The van der Waals surface area contributed by atoms with E-state index in [4.69, 9.17) is 5.14 Å². The Bertz CT molecular complexity index is 451. The lowest BCUT2D eigenvalue weighted by Gasteiger charge is -2.12. The van der Waals surface area contributed by atoms with Crippen molar-refractivity contribution in [2.75, 3.05) is 0 Å². The van der Waals surface area contributed by atoms with Gasteiger partial charge < -0.3 is 0 Å². The van der Waals surface area contributed by atoms with E-state index in [-0.39, 0.29) is 5.78 Å². The van der Waals surface area contributed by atoms with E-state index in [1.807, 2.05) is 6.92 Å². The summed E-state index contributed by atoms with van der Waals surface area (Å²) in [7, 11) is -3.81. The van der Waals surface area contributed by atoms with E-state index in [0.29, 0.717) is 17.7 Å². The zero-order valence-corrected chi connectivity index (χ0v) is 11.4. The zero-order chi connectivity index (χ0) is 12.9. The summed E-state index contributed by atoms with van der Waals surface area (Å²) >= 11 is 1.25. The van der Waals surface area contributed by atoms with Crippen molar-refractivity contribution in [3.63, 3.8) is 0 Å². The molecule has 0 amide bonds. The van der Waals surface area contributed by atoms with Gasteiger partial charge in [0.15, 0.2) is 5.78 Å². The van der Waals surface area contributed by atoms with Crippen molar-refractivity contribution >= 4 is 27.1 Å². The molecule has 0 spiro atoms. The second kappa shape index (κ2) is 6.28. The molecule has 1 aromatic heterocycles. The monoisotopic (exact) mass is 275 g/mol. The van der Waals surface area contributed by atoms with E-state index in [2.05, 4.69) is 0 Å². The Kier molecular flexibility index (Phi) is 5.30. The minimum absolute atomic E-state index is 0.309. The van der Waals surface area contributed by atoms with Crippen molar-refractivity contribution in [2.45, 2.75) is 37.9 Å². The van der Waals surface area contributed by atoms with Gasteiger partial charge in [-0.1, -0.05) is 32.3 Å². The number of ketones is 1. The van der Waals surface area contributed by atoms with Crippen LogP contribution in [0, 0.1) is 0 Å². The number of carbonyl (C=O) groups is 1. The van der Waals surface area contributed by atoms with Crippen molar-refractivity contribution in [3.8, 4) is 0 Å². The van der Waals surface area contributed by atoms with Gasteiger partial charge in [-0.15, -0.1) is 11.3 Å². The van der Waals surface area contributed by atoms with Crippen molar-refractivity contribution in [1.82, 2.24) is 0 Å². The predicted octanol–water partition coefficient (Wildman–Crippen LogP) is 2.17. The average Bonchev–Trinajstić information content (AvgIpc) is 2.75. The molecule has 1 atom stereocenters. The minimum atomic E-state index is -3.81.